The molecular formula is C27H34N4O3. The first-order chi connectivity index (χ1) is 16.1. The van der Waals surface area contributed by atoms with Crippen molar-refractivity contribution < 1.29 is 9.53 Å². The van der Waals surface area contributed by atoms with Crippen LogP contribution in [0.15, 0.2) is 47.4 Å². The van der Waals surface area contributed by atoms with Gasteiger partial charge in [-0.1, -0.05) is 12.1 Å². The Morgan fingerprint density at radius 3 is 2.53 bits per heavy atom. The molecule has 0 bridgehead atoms. The van der Waals surface area contributed by atoms with Gasteiger partial charge in [-0.3, -0.25) is 9.20 Å². The summed E-state index contributed by atoms with van der Waals surface area (Å²) in [5.41, 5.74) is 2.98. The smallest absolute Gasteiger partial charge is 0.340 e. The van der Waals surface area contributed by atoms with E-state index in [1.807, 2.05) is 59.0 Å². The van der Waals surface area contributed by atoms with Crippen LogP contribution >= 0.6 is 0 Å². The number of aryl methyl sites for hydroxylation is 1. The number of nitrogens with one attached hydrogen (secondary N) is 1. The van der Waals surface area contributed by atoms with E-state index in [1.54, 1.807) is 16.5 Å². The molecule has 1 aliphatic heterocycles. The maximum atomic E-state index is 13.0. The molecule has 180 valence electrons. The lowest BCUT2D eigenvalue weighted by Gasteiger charge is -2.28. The minimum Gasteiger partial charge on any atom is -0.456 e. The van der Waals surface area contributed by atoms with Crippen molar-refractivity contribution >= 4 is 23.1 Å². The van der Waals surface area contributed by atoms with E-state index in [2.05, 4.69) is 16.3 Å². The van der Waals surface area contributed by atoms with Crippen molar-refractivity contribution in [3.05, 3.63) is 69.6 Å². The van der Waals surface area contributed by atoms with Gasteiger partial charge in [-0.25, -0.2) is 9.78 Å². The highest BCUT2D eigenvalue weighted by molar-refractivity contribution is 5.96. The summed E-state index contributed by atoms with van der Waals surface area (Å²) in [7, 11) is 0. The minimum atomic E-state index is -0.585. The highest BCUT2D eigenvalue weighted by Gasteiger charge is 2.22. The van der Waals surface area contributed by atoms with E-state index in [4.69, 9.17) is 9.72 Å². The van der Waals surface area contributed by atoms with E-state index in [1.165, 1.54) is 6.42 Å². The van der Waals surface area contributed by atoms with Crippen molar-refractivity contribution in [2.24, 2.45) is 0 Å². The van der Waals surface area contributed by atoms with E-state index in [0.29, 0.717) is 16.9 Å². The SMILES string of the molecule is Cc1cc(C(C)Nc2ccccc2C(=O)OC(C)(C)C)c2nc(N3CCCCC3)cc(=O)n2c1. The number of fused-ring (bicyclic) bond motifs is 1. The molecule has 1 fully saturated rings. The average molecular weight is 463 g/mol. The summed E-state index contributed by atoms with van der Waals surface area (Å²) in [6, 6.07) is 10.8. The number of hydrogen-bond acceptors (Lipinski definition) is 6. The van der Waals surface area contributed by atoms with Gasteiger partial charge < -0.3 is 15.0 Å². The molecule has 34 heavy (non-hydrogen) atoms. The maximum Gasteiger partial charge on any atom is 0.340 e. The fourth-order valence-corrected chi connectivity index (χ4v) is 4.39. The van der Waals surface area contributed by atoms with Crippen LogP contribution in [0.4, 0.5) is 11.5 Å². The van der Waals surface area contributed by atoms with Crippen LogP contribution < -0.4 is 15.8 Å². The Kier molecular flexibility index (Phi) is 6.64. The van der Waals surface area contributed by atoms with Crippen molar-refractivity contribution in [1.29, 1.82) is 0 Å². The summed E-state index contributed by atoms with van der Waals surface area (Å²) in [6.45, 7) is 11.4. The number of hydrogen-bond donors (Lipinski definition) is 1. The predicted molar refractivity (Wildman–Crippen MR) is 136 cm³/mol. The van der Waals surface area contributed by atoms with Crippen molar-refractivity contribution in [2.45, 2.75) is 65.5 Å². The van der Waals surface area contributed by atoms with Gasteiger partial charge in [0.2, 0.25) is 0 Å². The van der Waals surface area contributed by atoms with Gasteiger partial charge in [-0.2, -0.15) is 0 Å². The van der Waals surface area contributed by atoms with Crippen LogP contribution in [0.5, 0.6) is 0 Å². The molecule has 0 saturated carbocycles. The molecule has 0 aliphatic carbocycles. The lowest BCUT2D eigenvalue weighted by molar-refractivity contribution is 0.00706. The van der Waals surface area contributed by atoms with Crippen LogP contribution in [0.3, 0.4) is 0 Å². The second-order valence-electron chi connectivity index (χ2n) is 10.1. The number of benzene rings is 1. The van der Waals surface area contributed by atoms with Gasteiger partial charge in [0.1, 0.15) is 17.1 Å². The second kappa shape index (κ2) is 9.49. The number of aromatic nitrogens is 2. The quantitative estimate of drug-likeness (QED) is 0.530. The van der Waals surface area contributed by atoms with Gasteiger partial charge in [-0.05, 0) is 77.6 Å². The fourth-order valence-electron chi connectivity index (χ4n) is 4.39. The third-order valence-electron chi connectivity index (χ3n) is 5.98. The van der Waals surface area contributed by atoms with Crippen molar-refractivity contribution in [3.63, 3.8) is 0 Å². The number of carbonyl (C=O) groups excluding carboxylic acids is 1. The van der Waals surface area contributed by atoms with E-state index in [-0.39, 0.29) is 17.6 Å². The second-order valence-corrected chi connectivity index (χ2v) is 10.1. The Morgan fingerprint density at radius 1 is 1.12 bits per heavy atom. The van der Waals surface area contributed by atoms with Crippen LogP contribution in [0.2, 0.25) is 0 Å². The number of carbonyl (C=O) groups is 1. The number of nitrogens with zero attached hydrogens (tertiary/aromatic N) is 3. The van der Waals surface area contributed by atoms with Gasteiger partial charge in [0.15, 0.2) is 0 Å². The molecular weight excluding hydrogens is 428 g/mol. The molecule has 3 aromatic rings. The predicted octanol–water partition coefficient (Wildman–Crippen LogP) is 5.12. The zero-order chi connectivity index (χ0) is 24.5. The molecule has 7 nitrogen and oxygen atoms in total. The van der Waals surface area contributed by atoms with E-state index < -0.39 is 5.60 Å². The molecule has 1 saturated heterocycles. The minimum absolute atomic E-state index is 0.0862. The van der Waals surface area contributed by atoms with Gasteiger partial charge in [-0.15, -0.1) is 0 Å². The zero-order valence-corrected chi connectivity index (χ0v) is 20.7. The largest absolute Gasteiger partial charge is 0.456 e. The molecule has 0 radical (unpaired) electrons. The topological polar surface area (TPSA) is 75.9 Å². The Hall–Kier alpha value is -3.35. The van der Waals surface area contributed by atoms with Crippen LogP contribution in [0.1, 0.15) is 74.5 Å². The number of esters is 1. The summed E-state index contributed by atoms with van der Waals surface area (Å²) in [5, 5.41) is 3.46. The standard InChI is InChI=1S/C27H34N4O3/c1-18-15-21(19(2)28-22-12-8-7-11-20(22)26(33)34-27(3,4)5)25-29-23(16-24(32)31(25)17-18)30-13-9-6-10-14-30/h7-8,11-12,15-17,19,28H,6,9-10,13-14H2,1-5H3. The summed E-state index contributed by atoms with van der Waals surface area (Å²) in [6.07, 6.45) is 5.27. The van der Waals surface area contributed by atoms with Crippen molar-refractivity contribution in [3.8, 4) is 0 Å². The number of para-hydroxylation sites is 1. The summed E-state index contributed by atoms with van der Waals surface area (Å²) < 4.78 is 7.22. The van der Waals surface area contributed by atoms with Crippen molar-refractivity contribution in [2.75, 3.05) is 23.3 Å². The van der Waals surface area contributed by atoms with Gasteiger partial charge >= 0.3 is 5.97 Å². The lowest BCUT2D eigenvalue weighted by Crippen LogP contribution is -2.32. The molecule has 1 aromatic carbocycles. The maximum absolute atomic E-state index is 13.0. The number of ether oxygens (including phenoxy) is 1. The Labute approximate surface area is 200 Å². The van der Waals surface area contributed by atoms with Gasteiger partial charge in [0, 0.05) is 36.6 Å². The first kappa shape index (κ1) is 23.8. The number of pyridine rings is 1. The molecule has 3 heterocycles. The van der Waals surface area contributed by atoms with Crippen LogP contribution in [-0.2, 0) is 4.74 Å². The average Bonchev–Trinajstić information content (AvgIpc) is 2.78. The Balaban J connectivity index is 1.72. The van der Waals surface area contributed by atoms with Crippen molar-refractivity contribution in [1.82, 2.24) is 9.38 Å². The normalized spacial score (nSPS) is 15.3. The molecule has 0 spiro atoms. The summed E-state index contributed by atoms with van der Waals surface area (Å²) >= 11 is 0. The molecule has 2 aromatic heterocycles. The number of anilines is 2. The first-order valence-corrected chi connectivity index (χ1v) is 12.0. The molecule has 1 unspecified atom stereocenters. The Morgan fingerprint density at radius 2 is 1.82 bits per heavy atom. The molecule has 0 amide bonds. The third-order valence-corrected chi connectivity index (χ3v) is 5.98. The number of rotatable bonds is 5. The van der Waals surface area contributed by atoms with E-state index >= 15 is 0 Å². The molecule has 1 N–H and O–H groups in total. The number of piperidine rings is 1. The molecule has 1 aliphatic rings. The molecule has 7 heteroatoms. The van der Waals surface area contributed by atoms with Gasteiger partial charge in [0.05, 0.1) is 11.6 Å². The van der Waals surface area contributed by atoms with Gasteiger partial charge in [0.25, 0.3) is 5.56 Å². The van der Waals surface area contributed by atoms with Crippen LogP contribution in [0.25, 0.3) is 5.65 Å². The monoisotopic (exact) mass is 462 g/mol. The molecule has 4 rings (SSSR count). The van der Waals surface area contributed by atoms with E-state index in [9.17, 15) is 9.59 Å². The third kappa shape index (κ3) is 5.24. The van der Waals surface area contributed by atoms with Crippen LogP contribution in [0, 0.1) is 6.92 Å². The Bertz CT molecular complexity index is 1250. The first-order valence-electron chi connectivity index (χ1n) is 12.0. The fraction of sp³-hybridized carbons (Fsp3) is 0.444. The highest BCUT2D eigenvalue weighted by atomic mass is 16.6. The zero-order valence-electron chi connectivity index (χ0n) is 20.7. The molecule has 1 atom stereocenters. The summed E-state index contributed by atoms with van der Waals surface area (Å²) in [4.78, 5) is 32.9. The highest BCUT2D eigenvalue weighted by Crippen LogP contribution is 2.27. The lowest BCUT2D eigenvalue weighted by atomic mass is 10.1. The van der Waals surface area contributed by atoms with Crippen LogP contribution in [-0.4, -0.2) is 34.0 Å². The summed E-state index contributed by atoms with van der Waals surface area (Å²) in [5.74, 6) is 0.356. The van der Waals surface area contributed by atoms with E-state index in [0.717, 1.165) is 42.9 Å².